The summed E-state index contributed by atoms with van der Waals surface area (Å²) >= 11 is 0. The van der Waals surface area contributed by atoms with Crippen LogP contribution < -0.4 is 0 Å². The Morgan fingerprint density at radius 1 is 1.26 bits per heavy atom. The molecule has 1 aliphatic carbocycles. The fourth-order valence-corrected chi connectivity index (χ4v) is 4.04. The third kappa shape index (κ3) is 2.84. The number of likely N-dealkylation sites (tertiary alicyclic amines) is 1. The van der Waals surface area contributed by atoms with Crippen LogP contribution in [-0.4, -0.2) is 40.2 Å². The van der Waals surface area contributed by atoms with Crippen LogP contribution in [0.5, 0.6) is 0 Å². The van der Waals surface area contributed by atoms with Crippen molar-refractivity contribution in [3.8, 4) is 0 Å². The topological polar surface area (TPSA) is 54.8 Å². The van der Waals surface area contributed by atoms with Gasteiger partial charge >= 0.3 is 0 Å². The van der Waals surface area contributed by atoms with Gasteiger partial charge < -0.3 is 9.74 Å². The predicted octanol–water partition coefficient (Wildman–Crippen LogP) is 2.76. The molecule has 5 heteroatoms. The average molecular weight is 313 g/mol. The molecule has 4 rings (SSSR count). The van der Waals surface area contributed by atoms with E-state index >= 15 is 0 Å². The third-order valence-corrected chi connectivity index (χ3v) is 5.52. The smallest absolute Gasteiger partial charge is 0.225 e. The molecule has 3 aliphatic rings. The van der Waals surface area contributed by atoms with Crippen LogP contribution in [0.1, 0.15) is 50.5 Å². The number of pyridine rings is 1. The maximum absolute atomic E-state index is 12.5. The van der Waals surface area contributed by atoms with Crippen molar-refractivity contribution in [3.05, 3.63) is 30.1 Å². The summed E-state index contributed by atoms with van der Waals surface area (Å²) < 4.78 is 0. The maximum atomic E-state index is 12.5. The normalized spacial score (nSPS) is 23.8. The van der Waals surface area contributed by atoms with Gasteiger partial charge in [-0.3, -0.25) is 9.78 Å². The lowest BCUT2D eigenvalue weighted by atomic mass is 9.85. The SMILES string of the molecule is O=C(C1CCCC1)N1CCC2(CC1)CC(c1cccnc1)=NO2. The molecule has 5 nitrogen and oxygen atoms in total. The molecule has 0 unspecified atom stereocenters. The van der Waals surface area contributed by atoms with Gasteiger partial charge in [0.05, 0.1) is 5.71 Å². The number of amides is 1. The van der Waals surface area contributed by atoms with Crippen molar-refractivity contribution >= 4 is 11.6 Å². The minimum Gasteiger partial charge on any atom is -0.388 e. The zero-order chi connectivity index (χ0) is 15.7. The van der Waals surface area contributed by atoms with Crippen molar-refractivity contribution in [2.45, 2.75) is 50.5 Å². The molecule has 1 spiro atoms. The first-order chi connectivity index (χ1) is 11.3. The first-order valence-electron chi connectivity index (χ1n) is 8.70. The molecule has 2 fully saturated rings. The molecule has 1 aromatic rings. The Morgan fingerprint density at radius 3 is 2.74 bits per heavy atom. The summed E-state index contributed by atoms with van der Waals surface area (Å²) in [5.41, 5.74) is 1.81. The van der Waals surface area contributed by atoms with Gasteiger partial charge in [-0.25, -0.2) is 0 Å². The Morgan fingerprint density at radius 2 is 2.04 bits per heavy atom. The van der Waals surface area contributed by atoms with Gasteiger partial charge in [0.25, 0.3) is 0 Å². The van der Waals surface area contributed by atoms with Crippen LogP contribution >= 0.6 is 0 Å². The van der Waals surface area contributed by atoms with Gasteiger partial charge in [-0.1, -0.05) is 18.0 Å². The van der Waals surface area contributed by atoms with E-state index in [2.05, 4.69) is 10.1 Å². The number of oxime groups is 1. The summed E-state index contributed by atoms with van der Waals surface area (Å²) in [7, 11) is 0. The first-order valence-corrected chi connectivity index (χ1v) is 8.70. The number of piperidine rings is 1. The lowest BCUT2D eigenvalue weighted by molar-refractivity contribution is -0.141. The highest BCUT2D eigenvalue weighted by molar-refractivity contribution is 6.01. The van der Waals surface area contributed by atoms with Gasteiger partial charge in [-0.05, 0) is 25.0 Å². The number of rotatable bonds is 2. The van der Waals surface area contributed by atoms with Gasteiger partial charge in [0.15, 0.2) is 0 Å². The van der Waals surface area contributed by atoms with Gasteiger partial charge in [0, 0.05) is 56.2 Å². The van der Waals surface area contributed by atoms with E-state index < -0.39 is 0 Å². The number of aromatic nitrogens is 1. The lowest BCUT2D eigenvalue weighted by Crippen LogP contribution is -2.48. The van der Waals surface area contributed by atoms with Crippen LogP contribution in [0.3, 0.4) is 0 Å². The molecule has 1 amide bonds. The van der Waals surface area contributed by atoms with Crippen molar-refractivity contribution in [2.75, 3.05) is 13.1 Å². The fourth-order valence-electron chi connectivity index (χ4n) is 4.04. The van der Waals surface area contributed by atoms with Crippen molar-refractivity contribution in [2.24, 2.45) is 11.1 Å². The Hall–Kier alpha value is -1.91. The fraction of sp³-hybridized carbons (Fsp3) is 0.611. The van der Waals surface area contributed by atoms with E-state index in [1.165, 1.54) is 12.8 Å². The van der Waals surface area contributed by atoms with Gasteiger partial charge in [0.2, 0.25) is 5.91 Å². The van der Waals surface area contributed by atoms with Crippen LogP contribution in [0.25, 0.3) is 0 Å². The molecule has 1 saturated heterocycles. The number of hydrogen-bond donors (Lipinski definition) is 0. The molecule has 1 aromatic heterocycles. The number of carbonyl (C=O) groups is 1. The first kappa shape index (κ1) is 14.7. The van der Waals surface area contributed by atoms with Crippen LogP contribution in [0.2, 0.25) is 0 Å². The van der Waals surface area contributed by atoms with E-state index in [1.807, 2.05) is 23.2 Å². The van der Waals surface area contributed by atoms with Gasteiger partial charge in [0.1, 0.15) is 5.60 Å². The second-order valence-corrected chi connectivity index (χ2v) is 7.04. The molecule has 0 aromatic carbocycles. The van der Waals surface area contributed by atoms with E-state index in [1.54, 1.807) is 6.20 Å². The van der Waals surface area contributed by atoms with E-state index in [9.17, 15) is 4.79 Å². The molecule has 2 aliphatic heterocycles. The summed E-state index contributed by atoms with van der Waals surface area (Å²) in [6, 6.07) is 3.94. The Labute approximate surface area is 136 Å². The van der Waals surface area contributed by atoms with E-state index in [0.717, 1.165) is 56.5 Å². The minimum absolute atomic E-state index is 0.211. The van der Waals surface area contributed by atoms with Crippen LogP contribution in [-0.2, 0) is 9.63 Å². The summed E-state index contributed by atoms with van der Waals surface area (Å²) in [6.45, 7) is 1.59. The molecule has 0 bridgehead atoms. The average Bonchev–Trinajstić information content (AvgIpc) is 3.26. The second-order valence-electron chi connectivity index (χ2n) is 7.04. The van der Waals surface area contributed by atoms with Crippen molar-refractivity contribution in [3.63, 3.8) is 0 Å². The van der Waals surface area contributed by atoms with E-state index in [4.69, 9.17) is 4.84 Å². The predicted molar refractivity (Wildman–Crippen MR) is 87.0 cm³/mol. The zero-order valence-electron chi connectivity index (χ0n) is 13.4. The molecular weight excluding hydrogens is 290 g/mol. The van der Waals surface area contributed by atoms with Crippen molar-refractivity contribution < 1.29 is 9.63 Å². The number of hydrogen-bond acceptors (Lipinski definition) is 4. The highest BCUT2D eigenvalue weighted by Crippen LogP contribution is 2.37. The monoisotopic (exact) mass is 313 g/mol. The Bertz CT molecular complexity index is 600. The zero-order valence-corrected chi connectivity index (χ0v) is 13.4. The molecular formula is C18H23N3O2. The largest absolute Gasteiger partial charge is 0.388 e. The summed E-state index contributed by atoms with van der Waals surface area (Å²) in [6.07, 6.45) is 10.7. The van der Waals surface area contributed by atoms with Gasteiger partial charge in [-0.2, -0.15) is 0 Å². The number of carbonyl (C=O) groups excluding carboxylic acids is 1. The lowest BCUT2D eigenvalue weighted by Gasteiger charge is -2.38. The summed E-state index contributed by atoms with van der Waals surface area (Å²) in [4.78, 5) is 24.6. The van der Waals surface area contributed by atoms with Gasteiger partial charge in [-0.15, -0.1) is 0 Å². The molecule has 3 heterocycles. The van der Waals surface area contributed by atoms with E-state index in [-0.39, 0.29) is 11.5 Å². The second kappa shape index (κ2) is 5.95. The Kier molecular flexibility index (Phi) is 3.79. The standard InChI is InChI=1S/C18H23N3O2/c22-17(14-4-1-2-5-14)21-10-7-18(8-11-21)12-16(20-23-18)15-6-3-9-19-13-15/h3,6,9,13-14H,1-2,4-5,7-8,10-12H2. The molecule has 0 radical (unpaired) electrons. The highest BCUT2D eigenvalue weighted by Gasteiger charge is 2.43. The van der Waals surface area contributed by atoms with Crippen LogP contribution in [0.15, 0.2) is 29.7 Å². The van der Waals surface area contributed by atoms with Crippen molar-refractivity contribution in [1.29, 1.82) is 0 Å². The maximum Gasteiger partial charge on any atom is 0.225 e. The van der Waals surface area contributed by atoms with Crippen LogP contribution in [0, 0.1) is 5.92 Å². The number of nitrogens with zero attached hydrogens (tertiary/aromatic N) is 3. The van der Waals surface area contributed by atoms with Crippen molar-refractivity contribution in [1.82, 2.24) is 9.88 Å². The molecule has 23 heavy (non-hydrogen) atoms. The quantitative estimate of drug-likeness (QED) is 0.843. The van der Waals surface area contributed by atoms with Crippen LogP contribution in [0.4, 0.5) is 0 Å². The molecule has 122 valence electrons. The highest BCUT2D eigenvalue weighted by atomic mass is 16.7. The van der Waals surface area contributed by atoms with E-state index in [0.29, 0.717) is 5.91 Å². The molecule has 0 N–H and O–H groups in total. The summed E-state index contributed by atoms with van der Waals surface area (Å²) in [5.74, 6) is 0.638. The third-order valence-electron chi connectivity index (χ3n) is 5.52. The Balaban J connectivity index is 1.36. The minimum atomic E-state index is -0.211. The molecule has 0 atom stereocenters. The molecule has 1 saturated carbocycles. The summed E-state index contributed by atoms with van der Waals surface area (Å²) in [5, 5.41) is 4.30.